The van der Waals surface area contributed by atoms with Crippen molar-refractivity contribution in [3.05, 3.63) is 35.6 Å². The third-order valence-electron chi connectivity index (χ3n) is 2.56. The maximum atomic E-state index is 13.0. The number of benzene rings is 1. The lowest BCUT2D eigenvalue weighted by Crippen LogP contribution is -2.27. The van der Waals surface area contributed by atoms with Gasteiger partial charge in [0.2, 0.25) is 0 Å². The summed E-state index contributed by atoms with van der Waals surface area (Å²) in [6.45, 7) is 4.19. The van der Waals surface area contributed by atoms with E-state index >= 15 is 0 Å². The van der Waals surface area contributed by atoms with Gasteiger partial charge in [-0.1, -0.05) is 24.2 Å². The number of amidine groups is 1. The van der Waals surface area contributed by atoms with Gasteiger partial charge < -0.3 is 10.9 Å². The van der Waals surface area contributed by atoms with Crippen molar-refractivity contribution in [1.29, 1.82) is 0 Å². The Hall–Kier alpha value is -1.62. The molecular weight excluding hydrogens is 221 g/mol. The molecule has 0 atom stereocenters. The first kappa shape index (κ1) is 13.4. The molecular formula is C12H18FN3O. The van der Waals surface area contributed by atoms with Gasteiger partial charge >= 0.3 is 0 Å². The molecule has 0 bridgehead atoms. The van der Waals surface area contributed by atoms with Crippen LogP contribution >= 0.6 is 0 Å². The molecule has 0 radical (unpaired) electrons. The lowest BCUT2D eigenvalue weighted by molar-refractivity contribution is 0.282. The third-order valence-corrected chi connectivity index (χ3v) is 2.56. The summed E-state index contributed by atoms with van der Waals surface area (Å²) < 4.78 is 13.0. The average molecular weight is 239 g/mol. The Kier molecular flexibility index (Phi) is 5.42. The van der Waals surface area contributed by atoms with Crippen molar-refractivity contribution in [2.45, 2.75) is 19.9 Å². The summed E-state index contributed by atoms with van der Waals surface area (Å²) in [6.07, 6.45) is 0.500. The van der Waals surface area contributed by atoms with E-state index in [-0.39, 0.29) is 11.7 Å². The van der Waals surface area contributed by atoms with Crippen molar-refractivity contribution in [3.63, 3.8) is 0 Å². The Bertz CT molecular complexity index is 382. The summed E-state index contributed by atoms with van der Waals surface area (Å²) >= 11 is 0. The van der Waals surface area contributed by atoms with E-state index in [2.05, 4.69) is 10.1 Å². The molecule has 1 rings (SSSR count). The molecule has 94 valence electrons. The van der Waals surface area contributed by atoms with E-state index in [0.29, 0.717) is 19.5 Å². The van der Waals surface area contributed by atoms with Crippen molar-refractivity contribution in [3.8, 4) is 0 Å². The van der Waals surface area contributed by atoms with Crippen LogP contribution in [0.3, 0.4) is 0 Å². The van der Waals surface area contributed by atoms with Crippen LogP contribution in [0, 0.1) is 5.82 Å². The van der Waals surface area contributed by atoms with Crippen molar-refractivity contribution in [2.75, 3.05) is 13.1 Å². The average Bonchev–Trinajstić information content (AvgIpc) is 2.34. The summed E-state index contributed by atoms with van der Waals surface area (Å²) in [4.78, 5) is 2.10. The molecule has 0 aliphatic carbocycles. The van der Waals surface area contributed by atoms with Gasteiger partial charge in [0.15, 0.2) is 0 Å². The summed E-state index contributed by atoms with van der Waals surface area (Å²) in [5, 5.41) is 11.4. The van der Waals surface area contributed by atoms with Crippen molar-refractivity contribution >= 4 is 5.84 Å². The Morgan fingerprint density at radius 3 is 2.88 bits per heavy atom. The number of nitrogens with zero attached hydrogens (tertiary/aromatic N) is 2. The Labute approximate surface area is 101 Å². The lowest BCUT2D eigenvalue weighted by Gasteiger charge is -2.20. The Morgan fingerprint density at radius 1 is 1.53 bits per heavy atom. The normalized spacial score (nSPS) is 12.1. The zero-order valence-corrected chi connectivity index (χ0v) is 9.93. The van der Waals surface area contributed by atoms with Gasteiger partial charge in [-0.05, 0) is 24.2 Å². The first-order chi connectivity index (χ1) is 8.15. The summed E-state index contributed by atoms with van der Waals surface area (Å²) in [5.74, 6) is -0.0160. The van der Waals surface area contributed by atoms with Crippen LogP contribution in [0.5, 0.6) is 0 Å². The standard InChI is InChI=1S/C12H18FN3O/c1-2-16(7-6-12(14)15-17)9-10-4-3-5-11(13)8-10/h3-5,8,17H,2,6-7,9H2,1H3,(H2,14,15). The summed E-state index contributed by atoms with van der Waals surface area (Å²) in [5.41, 5.74) is 6.33. The minimum atomic E-state index is -0.227. The van der Waals surface area contributed by atoms with Crippen LogP contribution < -0.4 is 5.73 Å². The van der Waals surface area contributed by atoms with E-state index in [0.717, 1.165) is 12.1 Å². The van der Waals surface area contributed by atoms with Crippen LogP contribution in [-0.2, 0) is 6.54 Å². The predicted molar refractivity (Wildman–Crippen MR) is 65.4 cm³/mol. The number of hydrogen-bond acceptors (Lipinski definition) is 3. The maximum absolute atomic E-state index is 13.0. The largest absolute Gasteiger partial charge is 0.409 e. The second kappa shape index (κ2) is 6.85. The minimum Gasteiger partial charge on any atom is -0.409 e. The predicted octanol–water partition coefficient (Wildman–Crippen LogP) is 1.78. The molecule has 0 saturated heterocycles. The second-order valence-electron chi connectivity index (χ2n) is 3.84. The fraction of sp³-hybridized carbons (Fsp3) is 0.417. The van der Waals surface area contributed by atoms with Gasteiger partial charge in [0, 0.05) is 19.5 Å². The number of halogens is 1. The van der Waals surface area contributed by atoms with Gasteiger partial charge in [0.05, 0.1) is 0 Å². The van der Waals surface area contributed by atoms with Crippen LogP contribution in [-0.4, -0.2) is 29.0 Å². The van der Waals surface area contributed by atoms with E-state index < -0.39 is 0 Å². The molecule has 5 heteroatoms. The quantitative estimate of drug-likeness (QED) is 0.344. The molecule has 0 saturated carbocycles. The maximum Gasteiger partial charge on any atom is 0.140 e. The molecule has 0 unspecified atom stereocenters. The van der Waals surface area contributed by atoms with Crippen LogP contribution in [0.15, 0.2) is 29.4 Å². The van der Waals surface area contributed by atoms with Crippen LogP contribution in [0.25, 0.3) is 0 Å². The van der Waals surface area contributed by atoms with E-state index in [9.17, 15) is 4.39 Å². The fourth-order valence-corrected chi connectivity index (χ4v) is 1.57. The lowest BCUT2D eigenvalue weighted by atomic mass is 10.2. The highest BCUT2D eigenvalue weighted by Gasteiger charge is 2.05. The molecule has 0 spiro atoms. The molecule has 0 fully saturated rings. The molecule has 17 heavy (non-hydrogen) atoms. The fourth-order valence-electron chi connectivity index (χ4n) is 1.57. The first-order valence-corrected chi connectivity index (χ1v) is 5.59. The highest BCUT2D eigenvalue weighted by molar-refractivity contribution is 5.79. The van der Waals surface area contributed by atoms with Gasteiger partial charge in [0.1, 0.15) is 11.7 Å². The smallest absolute Gasteiger partial charge is 0.140 e. The molecule has 3 N–H and O–H groups in total. The molecule has 1 aromatic carbocycles. The monoisotopic (exact) mass is 239 g/mol. The number of rotatable bonds is 6. The summed E-state index contributed by atoms with van der Waals surface area (Å²) in [7, 11) is 0. The molecule has 0 heterocycles. The first-order valence-electron chi connectivity index (χ1n) is 5.59. The van der Waals surface area contributed by atoms with Crippen LogP contribution in [0.4, 0.5) is 4.39 Å². The molecule has 0 amide bonds. The van der Waals surface area contributed by atoms with Gasteiger partial charge in [-0.15, -0.1) is 0 Å². The Balaban J connectivity index is 2.52. The minimum absolute atomic E-state index is 0.211. The van der Waals surface area contributed by atoms with E-state index in [4.69, 9.17) is 10.9 Å². The highest BCUT2D eigenvalue weighted by atomic mass is 19.1. The van der Waals surface area contributed by atoms with Crippen molar-refractivity contribution in [1.82, 2.24) is 4.90 Å². The third kappa shape index (κ3) is 4.82. The Morgan fingerprint density at radius 2 is 2.29 bits per heavy atom. The van der Waals surface area contributed by atoms with E-state index in [1.807, 2.05) is 13.0 Å². The van der Waals surface area contributed by atoms with Crippen LogP contribution in [0.1, 0.15) is 18.9 Å². The number of oxime groups is 1. The van der Waals surface area contributed by atoms with E-state index in [1.165, 1.54) is 12.1 Å². The van der Waals surface area contributed by atoms with Crippen molar-refractivity contribution < 1.29 is 9.60 Å². The number of nitrogens with two attached hydrogens (primary N) is 1. The molecule has 0 aromatic heterocycles. The van der Waals surface area contributed by atoms with Gasteiger partial charge in [-0.25, -0.2) is 4.39 Å². The summed E-state index contributed by atoms with van der Waals surface area (Å²) in [6, 6.07) is 6.53. The molecule has 1 aromatic rings. The van der Waals surface area contributed by atoms with Crippen LogP contribution in [0.2, 0.25) is 0 Å². The second-order valence-corrected chi connectivity index (χ2v) is 3.84. The molecule has 0 aliphatic heterocycles. The van der Waals surface area contributed by atoms with Gasteiger partial charge in [-0.2, -0.15) is 0 Å². The van der Waals surface area contributed by atoms with Gasteiger partial charge in [-0.3, -0.25) is 4.90 Å². The SMILES string of the molecule is CCN(CCC(N)=NO)Cc1cccc(F)c1. The van der Waals surface area contributed by atoms with E-state index in [1.54, 1.807) is 6.07 Å². The van der Waals surface area contributed by atoms with Crippen molar-refractivity contribution in [2.24, 2.45) is 10.9 Å². The zero-order valence-electron chi connectivity index (χ0n) is 9.93. The number of hydrogen-bond donors (Lipinski definition) is 2. The molecule has 4 nitrogen and oxygen atoms in total. The zero-order chi connectivity index (χ0) is 12.7. The van der Waals surface area contributed by atoms with Gasteiger partial charge in [0.25, 0.3) is 0 Å². The highest BCUT2D eigenvalue weighted by Crippen LogP contribution is 2.07. The molecule has 0 aliphatic rings. The topological polar surface area (TPSA) is 61.8 Å².